The van der Waals surface area contributed by atoms with Crippen LogP contribution in [0.15, 0.2) is 71.6 Å². The molecule has 0 amide bonds. The van der Waals surface area contributed by atoms with Crippen LogP contribution < -0.4 is 5.14 Å². The van der Waals surface area contributed by atoms with Gasteiger partial charge in [0, 0.05) is 17.0 Å². The molecule has 0 atom stereocenters. The van der Waals surface area contributed by atoms with Crippen LogP contribution in [-0.2, 0) is 22.9 Å². The first-order valence-corrected chi connectivity index (χ1v) is 10.7. The standard InChI is InChI=1S/C21H18ClN3O2S/c22-17-7-3-1-5-14(17)10-12-21-24-18-11-9-15(13-19(18)25-21)16-6-2-4-8-20(16)28(23,26)27/h1-9,11,13H,10,12H2,(H,24,25)(H2,23,26,27). The highest BCUT2D eigenvalue weighted by Crippen LogP contribution is 2.29. The second-order valence-electron chi connectivity index (χ2n) is 6.55. The largest absolute Gasteiger partial charge is 0.342 e. The third kappa shape index (κ3) is 3.80. The van der Waals surface area contributed by atoms with Gasteiger partial charge in [-0.2, -0.15) is 0 Å². The zero-order valence-corrected chi connectivity index (χ0v) is 16.5. The van der Waals surface area contributed by atoms with E-state index in [2.05, 4.69) is 9.97 Å². The molecule has 0 saturated carbocycles. The predicted molar refractivity (Wildman–Crippen MR) is 112 cm³/mol. The number of hydrogen-bond acceptors (Lipinski definition) is 3. The van der Waals surface area contributed by atoms with Gasteiger partial charge in [-0.15, -0.1) is 0 Å². The summed E-state index contributed by atoms with van der Waals surface area (Å²) in [5.41, 5.74) is 4.06. The Labute approximate surface area is 168 Å². The monoisotopic (exact) mass is 411 g/mol. The normalized spacial score (nSPS) is 11.8. The number of imidazole rings is 1. The van der Waals surface area contributed by atoms with Crippen molar-refractivity contribution in [1.82, 2.24) is 9.97 Å². The molecule has 0 unspecified atom stereocenters. The van der Waals surface area contributed by atoms with Crippen LogP contribution in [0.2, 0.25) is 5.02 Å². The van der Waals surface area contributed by atoms with Crippen LogP contribution in [0.3, 0.4) is 0 Å². The zero-order valence-electron chi connectivity index (χ0n) is 14.9. The third-order valence-corrected chi connectivity index (χ3v) is 5.96. The molecule has 1 heterocycles. The van der Waals surface area contributed by atoms with Crippen molar-refractivity contribution in [2.45, 2.75) is 17.7 Å². The summed E-state index contributed by atoms with van der Waals surface area (Å²) in [7, 11) is -3.81. The first kappa shape index (κ1) is 18.7. The predicted octanol–water partition coefficient (Wildman–Crippen LogP) is 4.32. The number of benzene rings is 3. The summed E-state index contributed by atoms with van der Waals surface area (Å²) >= 11 is 6.22. The minimum atomic E-state index is -3.81. The molecule has 5 nitrogen and oxygen atoms in total. The van der Waals surface area contributed by atoms with E-state index in [0.717, 1.165) is 45.8 Å². The fourth-order valence-electron chi connectivity index (χ4n) is 3.25. The van der Waals surface area contributed by atoms with Gasteiger partial charge in [-0.05, 0) is 41.8 Å². The fourth-order valence-corrected chi connectivity index (χ4v) is 4.24. The Morgan fingerprint density at radius 2 is 1.71 bits per heavy atom. The van der Waals surface area contributed by atoms with Crippen molar-refractivity contribution >= 4 is 32.7 Å². The lowest BCUT2D eigenvalue weighted by molar-refractivity contribution is 0.598. The Balaban J connectivity index is 1.65. The van der Waals surface area contributed by atoms with Gasteiger partial charge in [-0.25, -0.2) is 18.5 Å². The van der Waals surface area contributed by atoms with E-state index in [1.807, 2.05) is 42.5 Å². The lowest BCUT2D eigenvalue weighted by Crippen LogP contribution is -2.13. The van der Waals surface area contributed by atoms with Crippen LogP contribution in [-0.4, -0.2) is 18.4 Å². The van der Waals surface area contributed by atoms with Gasteiger partial charge in [0.05, 0.1) is 15.9 Å². The van der Waals surface area contributed by atoms with Crippen molar-refractivity contribution in [2.24, 2.45) is 5.14 Å². The molecule has 0 aliphatic rings. The molecular formula is C21H18ClN3O2S. The number of aryl methyl sites for hydroxylation is 2. The van der Waals surface area contributed by atoms with E-state index in [1.165, 1.54) is 6.07 Å². The number of primary sulfonamides is 1. The SMILES string of the molecule is NS(=O)(=O)c1ccccc1-c1ccc2[nH]c(CCc3ccccc3Cl)nc2c1. The van der Waals surface area contributed by atoms with Gasteiger partial charge in [0.15, 0.2) is 0 Å². The molecule has 0 fully saturated rings. The lowest BCUT2D eigenvalue weighted by Gasteiger charge is -2.07. The van der Waals surface area contributed by atoms with Gasteiger partial charge < -0.3 is 4.98 Å². The smallest absolute Gasteiger partial charge is 0.238 e. The molecule has 0 aliphatic heterocycles. The number of aromatic nitrogens is 2. The molecule has 3 aromatic carbocycles. The summed E-state index contributed by atoms with van der Waals surface area (Å²) in [6, 6.07) is 20.1. The van der Waals surface area contributed by atoms with Crippen LogP contribution >= 0.6 is 11.6 Å². The van der Waals surface area contributed by atoms with Crippen molar-refractivity contribution in [3.05, 3.63) is 83.1 Å². The maximum Gasteiger partial charge on any atom is 0.238 e. The van der Waals surface area contributed by atoms with Gasteiger partial charge >= 0.3 is 0 Å². The average molecular weight is 412 g/mol. The topological polar surface area (TPSA) is 88.8 Å². The maximum atomic E-state index is 11.9. The first-order valence-electron chi connectivity index (χ1n) is 8.76. The Morgan fingerprint density at radius 3 is 2.50 bits per heavy atom. The number of rotatable bonds is 5. The third-order valence-electron chi connectivity index (χ3n) is 4.63. The molecule has 7 heteroatoms. The van der Waals surface area contributed by atoms with E-state index in [1.54, 1.807) is 18.2 Å². The quantitative estimate of drug-likeness (QED) is 0.512. The van der Waals surface area contributed by atoms with E-state index in [9.17, 15) is 8.42 Å². The number of hydrogen-bond donors (Lipinski definition) is 2. The molecule has 0 saturated heterocycles. The second-order valence-corrected chi connectivity index (χ2v) is 8.49. The number of H-pyrrole nitrogens is 1. The van der Waals surface area contributed by atoms with Crippen LogP contribution in [0.1, 0.15) is 11.4 Å². The van der Waals surface area contributed by atoms with E-state index in [4.69, 9.17) is 16.7 Å². The van der Waals surface area contributed by atoms with Gasteiger partial charge in [0.25, 0.3) is 0 Å². The number of fused-ring (bicyclic) bond motifs is 1. The zero-order chi connectivity index (χ0) is 19.7. The van der Waals surface area contributed by atoms with E-state index < -0.39 is 10.0 Å². The molecule has 1 aromatic heterocycles. The first-order chi connectivity index (χ1) is 13.4. The van der Waals surface area contributed by atoms with Crippen LogP contribution in [0.5, 0.6) is 0 Å². The maximum absolute atomic E-state index is 11.9. The van der Waals surface area contributed by atoms with Crippen LogP contribution in [0, 0.1) is 0 Å². The van der Waals surface area contributed by atoms with Crippen molar-refractivity contribution in [3.63, 3.8) is 0 Å². The minimum absolute atomic E-state index is 0.101. The van der Waals surface area contributed by atoms with Crippen molar-refractivity contribution < 1.29 is 8.42 Å². The van der Waals surface area contributed by atoms with Crippen LogP contribution in [0.25, 0.3) is 22.2 Å². The van der Waals surface area contributed by atoms with E-state index in [-0.39, 0.29) is 4.90 Å². The summed E-state index contributed by atoms with van der Waals surface area (Å²) in [4.78, 5) is 8.07. The van der Waals surface area contributed by atoms with Gasteiger partial charge in [0.1, 0.15) is 5.82 Å². The Kier molecular flexibility index (Phi) is 4.93. The molecule has 0 bridgehead atoms. The van der Waals surface area contributed by atoms with Crippen LogP contribution in [0.4, 0.5) is 0 Å². The number of nitrogens with zero attached hydrogens (tertiary/aromatic N) is 1. The fraction of sp³-hybridized carbons (Fsp3) is 0.0952. The molecule has 28 heavy (non-hydrogen) atoms. The molecule has 0 spiro atoms. The summed E-state index contributed by atoms with van der Waals surface area (Å²) in [5, 5.41) is 6.11. The number of nitrogens with one attached hydrogen (secondary N) is 1. The number of aromatic amines is 1. The summed E-state index contributed by atoms with van der Waals surface area (Å²) in [5.74, 6) is 0.854. The number of nitrogens with two attached hydrogens (primary N) is 1. The molecule has 4 rings (SSSR count). The number of halogens is 1. The Morgan fingerprint density at radius 1 is 0.964 bits per heavy atom. The van der Waals surface area contributed by atoms with Crippen molar-refractivity contribution in [3.8, 4) is 11.1 Å². The highest BCUT2D eigenvalue weighted by atomic mass is 35.5. The minimum Gasteiger partial charge on any atom is -0.342 e. The molecule has 0 radical (unpaired) electrons. The molecular weight excluding hydrogens is 394 g/mol. The average Bonchev–Trinajstić information content (AvgIpc) is 3.09. The van der Waals surface area contributed by atoms with E-state index in [0.29, 0.717) is 5.56 Å². The van der Waals surface area contributed by atoms with Gasteiger partial charge in [-0.1, -0.05) is 54.1 Å². The summed E-state index contributed by atoms with van der Waals surface area (Å²) in [6.07, 6.45) is 1.50. The summed E-state index contributed by atoms with van der Waals surface area (Å²) < 4.78 is 23.8. The molecule has 0 aliphatic carbocycles. The van der Waals surface area contributed by atoms with Gasteiger partial charge in [-0.3, -0.25) is 0 Å². The number of sulfonamides is 1. The Hall–Kier alpha value is -2.67. The van der Waals surface area contributed by atoms with E-state index >= 15 is 0 Å². The van der Waals surface area contributed by atoms with Gasteiger partial charge in [0.2, 0.25) is 10.0 Å². The molecule has 142 valence electrons. The highest BCUT2D eigenvalue weighted by molar-refractivity contribution is 7.89. The highest BCUT2D eigenvalue weighted by Gasteiger charge is 2.15. The van der Waals surface area contributed by atoms with Crippen molar-refractivity contribution in [1.29, 1.82) is 0 Å². The summed E-state index contributed by atoms with van der Waals surface area (Å²) in [6.45, 7) is 0. The molecule has 4 aromatic rings. The lowest BCUT2D eigenvalue weighted by atomic mass is 10.1. The Bertz CT molecular complexity index is 1270. The second kappa shape index (κ2) is 7.39. The van der Waals surface area contributed by atoms with Crippen molar-refractivity contribution in [2.75, 3.05) is 0 Å². The molecule has 3 N–H and O–H groups in total.